The SMILES string of the molecule is CCC[C@@H](C(N)=O)N([C@@H](c1ccc(-c2ccn[nH]2)cc1)C(F)(F)F)C1(C#N)CC1. The van der Waals surface area contributed by atoms with Gasteiger partial charge < -0.3 is 5.73 Å². The number of nitrogens with two attached hydrogens (primary N) is 1. The van der Waals surface area contributed by atoms with Crippen molar-refractivity contribution in [1.29, 1.82) is 5.26 Å². The molecule has 6 nitrogen and oxygen atoms in total. The third kappa shape index (κ3) is 4.12. The Morgan fingerprint density at radius 1 is 1.34 bits per heavy atom. The summed E-state index contributed by atoms with van der Waals surface area (Å²) >= 11 is 0. The number of carbonyl (C=O) groups excluding carboxylic acids is 1. The number of benzene rings is 1. The van der Waals surface area contributed by atoms with E-state index < -0.39 is 29.7 Å². The van der Waals surface area contributed by atoms with Gasteiger partial charge in [0.25, 0.3) is 0 Å². The second-order valence-electron chi connectivity index (χ2n) is 7.29. The molecular weight excluding hydrogens is 383 g/mol. The molecule has 0 bridgehead atoms. The second kappa shape index (κ2) is 7.87. The van der Waals surface area contributed by atoms with Crippen molar-refractivity contribution >= 4 is 5.91 Å². The van der Waals surface area contributed by atoms with Crippen LogP contribution in [0.25, 0.3) is 11.3 Å². The number of H-pyrrole nitrogens is 1. The molecule has 0 spiro atoms. The number of nitrogens with zero attached hydrogens (tertiary/aromatic N) is 3. The molecule has 1 aromatic heterocycles. The highest BCUT2D eigenvalue weighted by Gasteiger charge is 2.60. The standard InChI is InChI=1S/C20H22F3N5O/c1-2-3-16(18(25)29)28(19(12-24)9-10-19)17(20(21,22)23)14-6-4-13(5-7-14)15-8-11-26-27-15/h4-8,11,16-17H,2-3,9-10H2,1H3,(H2,25,29)(H,26,27)/t16-,17-/m0/s1. The predicted molar refractivity (Wildman–Crippen MR) is 100 cm³/mol. The van der Waals surface area contributed by atoms with E-state index in [9.17, 15) is 23.2 Å². The third-order valence-electron chi connectivity index (χ3n) is 5.28. The normalized spacial score (nSPS) is 17.5. The van der Waals surface area contributed by atoms with Crippen molar-refractivity contribution in [2.75, 3.05) is 0 Å². The molecule has 2 atom stereocenters. The van der Waals surface area contributed by atoms with E-state index in [0.717, 1.165) is 4.90 Å². The van der Waals surface area contributed by atoms with Crippen LogP contribution in [0.1, 0.15) is 44.2 Å². The molecule has 1 aliphatic carbocycles. The van der Waals surface area contributed by atoms with Gasteiger partial charge in [-0.3, -0.25) is 14.8 Å². The first-order valence-corrected chi connectivity index (χ1v) is 9.39. The van der Waals surface area contributed by atoms with E-state index in [4.69, 9.17) is 5.73 Å². The van der Waals surface area contributed by atoms with Gasteiger partial charge in [0, 0.05) is 6.20 Å². The summed E-state index contributed by atoms with van der Waals surface area (Å²) < 4.78 is 42.8. The molecule has 1 aromatic carbocycles. The Morgan fingerprint density at radius 2 is 2.00 bits per heavy atom. The molecule has 9 heteroatoms. The number of primary amides is 1. The lowest BCUT2D eigenvalue weighted by Crippen LogP contribution is -2.55. The molecule has 0 saturated heterocycles. The van der Waals surface area contributed by atoms with Crippen molar-refractivity contribution in [3.8, 4) is 17.3 Å². The van der Waals surface area contributed by atoms with Crippen molar-refractivity contribution < 1.29 is 18.0 Å². The van der Waals surface area contributed by atoms with E-state index in [1.807, 2.05) is 6.07 Å². The first-order valence-electron chi connectivity index (χ1n) is 9.39. The topological polar surface area (TPSA) is 98.8 Å². The zero-order chi connectivity index (χ0) is 21.2. The average Bonchev–Trinajstić information content (AvgIpc) is 3.27. The van der Waals surface area contributed by atoms with Crippen LogP contribution in [0, 0.1) is 11.3 Å². The van der Waals surface area contributed by atoms with Gasteiger partial charge in [-0.1, -0.05) is 37.6 Å². The highest BCUT2D eigenvalue weighted by atomic mass is 19.4. The van der Waals surface area contributed by atoms with Crippen molar-refractivity contribution in [2.24, 2.45) is 5.73 Å². The van der Waals surface area contributed by atoms with Gasteiger partial charge in [0.05, 0.1) is 17.8 Å². The minimum absolute atomic E-state index is 0.0374. The van der Waals surface area contributed by atoms with Crippen LogP contribution in [-0.4, -0.2) is 38.8 Å². The fraction of sp³-hybridized carbons (Fsp3) is 0.450. The van der Waals surface area contributed by atoms with Gasteiger partial charge in [0.2, 0.25) is 5.91 Å². The highest BCUT2D eigenvalue weighted by molar-refractivity contribution is 5.80. The predicted octanol–water partition coefficient (Wildman–Crippen LogP) is 3.69. The molecule has 1 aliphatic rings. The minimum Gasteiger partial charge on any atom is -0.368 e. The number of carbonyl (C=O) groups is 1. The van der Waals surface area contributed by atoms with Gasteiger partial charge in [-0.05, 0) is 36.5 Å². The lowest BCUT2D eigenvalue weighted by atomic mass is 9.95. The monoisotopic (exact) mass is 405 g/mol. The Kier molecular flexibility index (Phi) is 5.66. The molecule has 2 aromatic rings. The number of amides is 1. The zero-order valence-electron chi connectivity index (χ0n) is 15.9. The third-order valence-corrected chi connectivity index (χ3v) is 5.28. The summed E-state index contributed by atoms with van der Waals surface area (Å²) in [5, 5.41) is 16.2. The molecular formula is C20H22F3N5O. The molecule has 1 fully saturated rings. The van der Waals surface area contributed by atoms with Gasteiger partial charge in [0.15, 0.2) is 0 Å². The lowest BCUT2D eigenvalue weighted by molar-refractivity contribution is -0.199. The summed E-state index contributed by atoms with van der Waals surface area (Å²) in [5.41, 5.74) is 5.46. The molecule has 1 saturated carbocycles. The number of halogens is 3. The summed E-state index contributed by atoms with van der Waals surface area (Å²) in [6.45, 7) is 1.77. The number of nitrogens with one attached hydrogen (secondary N) is 1. The van der Waals surface area contributed by atoms with E-state index in [1.54, 1.807) is 31.3 Å². The van der Waals surface area contributed by atoms with Crippen LogP contribution in [0.3, 0.4) is 0 Å². The number of hydrogen-bond acceptors (Lipinski definition) is 4. The van der Waals surface area contributed by atoms with Crippen LogP contribution in [-0.2, 0) is 4.79 Å². The van der Waals surface area contributed by atoms with Crippen molar-refractivity contribution in [1.82, 2.24) is 15.1 Å². The summed E-state index contributed by atoms with van der Waals surface area (Å²) in [5.74, 6) is -0.850. The first-order chi connectivity index (χ1) is 13.7. The number of nitriles is 1. The summed E-state index contributed by atoms with van der Waals surface area (Å²) in [6, 6.07) is 6.30. The van der Waals surface area contributed by atoms with E-state index in [-0.39, 0.29) is 24.8 Å². The zero-order valence-corrected chi connectivity index (χ0v) is 15.9. The Balaban J connectivity index is 2.08. The Bertz CT molecular complexity index is 882. The van der Waals surface area contributed by atoms with E-state index in [2.05, 4.69) is 10.2 Å². The molecule has 3 N–H and O–H groups in total. The molecule has 0 aliphatic heterocycles. The maximum atomic E-state index is 14.3. The first kappa shape index (κ1) is 20.9. The molecule has 154 valence electrons. The molecule has 29 heavy (non-hydrogen) atoms. The number of aromatic nitrogens is 2. The van der Waals surface area contributed by atoms with Crippen LogP contribution < -0.4 is 5.73 Å². The Hall–Kier alpha value is -2.86. The minimum atomic E-state index is -4.69. The maximum Gasteiger partial charge on any atom is 0.408 e. The van der Waals surface area contributed by atoms with Crippen molar-refractivity contribution in [3.63, 3.8) is 0 Å². The van der Waals surface area contributed by atoms with E-state index >= 15 is 0 Å². The van der Waals surface area contributed by atoms with Gasteiger partial charge >= 0.3 is 6.18 Å². The van der Waals surface area contributed by atoms with Crippen LogP contribution in [0.4, 0.5) is 13.2 Å². The van der Waals surface area contributed by atoms with Gasteiger partial charge in [-0.25, -0.2) is 0 Å². The fourth-order valence-corrected chi connectivity index (χ4v) is 3.73. The van der Waals surface area contributed by atoms with Crippen molar-refractivity contribution in [3.05, 3.63) is 42.1 Å². The Morgan fingerprint density at radius 3 is 2.41 bits per heavy atom. The fourth-order valence-electron chi connectivity index (χ4n) is 3.73. The lowest BCUT2D eigenvalue weighted by Gasteiger charge is -2.41. The largest absolute Gasteiger partial charge is 0.408 e. The van der Waals surface area contributed by atoms with Crippen LogP contribution >= 0.6 is 0 Å². The molecule has 0 radical (unpaired) electrons. The number of rotatable bonds is 8. The van der Waals surface area contributed by atoms with Gasteiger partial charge in [-0.2, -0.15) is 23.5 Å². The van der Waals surface area contributed by atoms with Gasteiger partial charge in [0.1, 0.15) is 11.6 Å². The average molecular weight is 405 g/mol. The van der Waals surface area contributed by atoms with Crippen LogP contribution in [0.15, 0.2) is 36.5 Å². The van der Waals surface area contributed by atoms with Crippen LogP contribution in [0.2, 0.25) is 0 Å². The van der Waals surface area contributed by atoms with E-state index in [0.29, 0.717) is 17.7 Å². The maximum absolute atomic E-state index is 14.3. The molecule has 0 unspecified atom stereocenters. The number of hydrogen-bond donors (Lipinski definition) is 2. The van der Waals surface area contributed by atoms with E-state index in [1.165, 1.54) is 12.1 Å². The quantitative estimate of drug-likeness (QED) is 0.700. The summed E-state index contributed by atoms with van der Waals surface area (Å²) in [4.78, 5) is 13.1. The second-order valence-corrected chi connectivity index (χ2v) is 7.29. The number of alkyl halides is 3. The van der Waals surface area contributed by atoms with Crippen molar-refractivity contribution in [2.45, 2.75) is 56.4 Å². The molecule has 3 rings (SSSR count). The molecule has 1 amide bonds. The summed E-state index contributed by atoms with van der Waals surface area (Å²) in [7, 11) is 0. The molecule has 1 heterocycles. The highest BCUT2D eigenvalue weighted by Crippen LogP contribution is 2.51. The van der Waals surface area contributed by atoms with Crippen LogP contribution in [0.5, 0.6) is 0 Å². The summed E-state index contributed by atoms with van der Waals surface area (Å²) in [6.07, 6.45) is -1.98. The Labute approximate surface area is 166 Å². The smallest absolute Gasteiger partial charge is 0.368 e. The van der Waals surface area contributed by atoms with Gasteiger partial charge in [-0.15, -0.1) is 0 Å². The number of aromatic amines is 1.